The number of anilines is 2. The predicted molar refractivity (Wildman–Crippen MR) is 109 cm³/mol. The molecule has 14 heteroatoms. The number of halogens is 7. The van der Waals surface area contributed by atoms with Crippen molar-refractivity contribution >= 4 is 29.1 Å². The lowest BCUT2D eigenvalue weighted by Gasteiger charge is -2.16. The van der Waals surface area contributed by atoms with Crippen molar-refractivity contribution in [2.75, 3.05) is 5.32 Å². The second kappa shape index (κ2) is 10.2. The zero-order chi connectivity index (χ0) is 24.9. The summed E-state index contributed by atoms with van der Waals surface area (Å²) in [5.41, 5.74) is 0.350. The third kappa shape index (κ3) is 7.56. The molecule has 1 unspecified atom stereocenters. The molecule has 0 fully saturated rings. The minimum atomic E-state index is -4.82. The lowest BCUT2D eigenvalue weighted by Crippen LogP contribution is -2.20. The molecule has 180 valence electrons. The van der Waals surface area contributed by atoms with E-state index in [1.54, 1.807) is 0 Å². The molecular formula is C20H14ClF6N5O2. The lowest BCUT2D eigenvalue weighted by molar-refractivity contribution is -0.274. The second-order valence-electron chi connectivity index (χ2n) is 6.66. The molecule has 2 aromatic carbocycles. The van der Waals surface area contributed by atoms with Gasteiger partial charge in [-0.15, -0.1) is 18.3 Å². The molecule has 1 aromatic heterocycles. The molecule has 7 nitrogen and oxygen atoms in total. The fourth-order valence-corrected chi connectivity index (χ4v) is 2.79. The van der Waals surface area contributed by atoms with E-state index < -0.39 is 18.6 Å². The van der Waals surface area contributed by atoms with Gasteiger partial charge in [-0.05, 0) is 35.4 Å². The van der Waals surface area contributed by atoms with Gasteiger partial charge >= 0.3 is 12.5 Å². The summed E-state index contributed by atoms with van der Waals surface area (Å²) < 4.78 is 78.6. The first-order chi connectivity index (χ1) is 15.9. The number of alkyl halides is 6. The van der Waals surface area contributed by atoms with Gasteiger partial charge in [-0.2, -0.15) is 28.3 Å². The van der Waals surface area contributed by atoms with Crippen LogP contribution in [0.1, 0.15) is 17.2 Å². The maximum atomic E-state index is 12.7. The first-order valence-electron chi connectivity index (χ1n) is 9.27. The number of hydrogen-bond acceptors (Lipinski definition) is 7. The van der Waals surface area contributed by atoms with Gasteiger partial charge in [0.25, 0.3) is 5.95 Å². The van der Waals surface area contributed by atoms with Crippen molar-refractivity contribution in [1.29, 1.82) is 0 Å². The Bertz CT molecular complexity index is 1160. The van der Waals surface area contributed by atoms with Crippen LogP contribution in [0.4, 0.5) is 43.8 Å². The van der Waals surface area contributed by atoms with E-state index in [0.717, 1.165) is 24.3 Å². The molecule has 0 bridgehead atoms. The highest BCUT2D eigenvalue weighted by Gasteiger charge is 2.39. The van der Waals surface area contributed by atoms with Crippen molar-refractivity contribution in [2.45, 2.75) is 25.2 Å². The number of aromatic nitrogens is 2. The molecule has 0 saturated carbocycles. The van der Waals surface area contributed by atoms with Crippen LogP contribution in [0.5, 0.6) is 5.75 Å². The van der Waals surface area contributed by atoms with E-state index in [1.165, 1.54) is 30.3 Å². The van der Waals surface area contributed by atoms with Gasteiger partial charge in [0.2, 0.25) is 0 Å². The van der Waals surface area contributed by atoms with Crippen LogP contribution in [-0.2, 0) is 6.54 Å². The maximum Gasteiger partial charge on any atom is 0.573 e. The summed E-state index contributed by atoms with van der Waals surface area (Å²) in [7, 11) is 0. The normalized spacial score (nSPS) is 13.2. The van der Waals surface area contributed by atoms with Crippen molar-refractivity contribution in [3.8, 4) is 5.75 Å². The molecule has 0 aliphatic rings. The van der Waals surface area contributed by atoms with Gasteiger partial charge < -0.3 is 15.2 Å². The summed E-state index contributed by atoms with van der Waals surface area (Å²) in [6.45, 7) is -0.0116. The van der Waals surface area contributed by atoms with Gasteiger partial charge in [-0.1, -0.05) is 35.9 Å². The number of aliphatic hydroxyl groups excluding tert-OH is 1. The van der Waals surface area contributed by atoms with Gasteiger partial charge in [-0.3, -0.25) is 0 Å². The Hall–Kier alpha value is -3.45. The SMILES string of the molecule is OC(c1cccc(Nc2cc(Cl)nc(N=NCc3ccc(OC(F)(F)F)cc3)n2)c1)C(F)(F)F. The largest absolute Gasteiger partial charge is 0.573 e. The molecule has 0 spiro atoms. The van der Waals surface area contributed by atoms with Crippen molar-refractivity contribution in [3.05, 3.63) is 70.9 Å². The zero-order valence-electron chi connectivity index (χ0n) is 16.8. The van der Waals surface area contributed by atoms with E-state index in [2.05, 4.69) is 30.3 Å². The molecule has 0 aliphatic heterocycles. The second-order valence-corrected chi connectivity index (χ2v) is 7.05. The average Bonchev–Trinajstić information content (AvgIpc) is 2.72. The van der Waals surface area contributed by atoms with Gasteiger partial charge in [0, 0.05) is 11.8 Å². The summed E-state index contributed by atoms with van der Waals surface area (Å²) in [5.74, 6) is -0.450. The molecule has 0 radical (unpaired) electrons. The monoisotopic (exact) mass is 505 g/mol. The fraction of sp³-hybridized carbons (Fsp3) is 0.200. The van der Waals surface area contributed by atoms with E-state index in [4.69, 9.17) is 11.6 Å². The number of rotatable bonds is 7. The van der Waals surface area contributed by atoms with Crippen LogP contribution in [0.3, 0.4) is 0 Å². The topological polar surface area (TPSA) is 92.0 Å². The fourth-order valence-electron chi connectivity index (χ4n) is 2.61. The molecule has 34 heavy (non-hydrogen) atoms. The molecule has 0 aliphatic carbocycles. The Labute approximate surface area is 193 Å². The van der Waals surface area contributed by atoms with E-state index in [0.29, 0.717) is 5.56 Å². The third-order valence-electron chi connectivity index (χ3n) is 4.04. The van der Waals surface area contributed by atoms with Crippen LogP contribution in [0, 0.1) is 0 Å². The lowest BCUT2D eigenvalue weighted by atomic mass is 10.1. The summed E-state index contributed by atoms with van der Waals surface area (Å²) >= 11 is 5.94. The first-order valence-corrected chi connectivity index (χ1v) is 9.65. The van der Waals surface area contributed by atoms with Crippen molar-refractivity contribution in [3.63, 3.8) is 0 Å². The highest BCUT2D eigenvalue weighted by atomic mass is 35.5. The third-order valence-corrected chi connectivity index (χ3v) is 4.23. The molecule has 2 N–H and O–H groups in total. The van der Waals surface area contributed by atoms with Crippen molar-refractivity contribution < 1.29 is 36.2 Å². The molecular weight excluding hydrogens is 492 g/mol. The minimum Gasteiger partial charge on any atom is -0.406 e. The number of benzene rings is 2. The summed E-state index contributed by atoms with van der Waals surface area (Å²) in [6, 6.07) is 11.3. The number of hydrogen-bond donors (Lipinski definition) is 2. The summed E-state index contributed by atoms with van der Waals surface area (Å²) in [4.78, 5) is 7.90. The number of azo groups is 1. The zero-order valence-corrected chi connectivity index (χ0v) is 17.5. The summed E-state index contributed by atoms with van der Waals surface area (Å²) in [5, 5.41) is 19.8. The van der Waals surface area contributed by atoms with Crippen molar-refractivity contribution in [1.82, 2.24) is 9.97 Å². The minimum absolute atomic E-state index is 0.0116. The van der Waals surface area contributed by atoms with E-state index >= 15 is 0 Å². The molecule has 1 atom stereocenters. The highest BCUT2D eigenvalue weighted by molar-refractivity contribution is 6.29. The van der Waals surface area contributed by atoms with Gasteiger partial charge in [-0.25, -0.2) is 0 Å². The van der Waals surface area contributed by atoms with E-state index in [9.17, 15) is 31.4 Å². The first kappa shape index (κ1) is 25.2. The Kier molecular flexibility index (Phi) is 7.57. The smallest absolute Gasteiger partial charge is 0.406 e. The highest BCUT2D eigenvalue weighted by Crippen LogP contribution is 2.33. The Morgan fingerprint density at radius 1 is 1.00 bits per heavy atom. The van der Waals surface area contributed by atoms with Crippen LogP contribution < -0.4 is 10.1 Å². The molecule has 3 aromatic rings. The van der Waals surface area contributed by atoms with E-state index in [1.807, 2.05) is 0 Å². The Morgan fingerprint density at radius 3 is 2.35 bits per heavy atom. The molecule has 0 saturated heterocycles. The molecule has 3 rings (SSSR count). The number of nitrogens with one attached hydrogen (secondary N) is 1. The van der Waals surface area contributed by atoms with Crippen molar-refractivity contribution in [2.24, 2.45) is 10.2 Å². The van der Waals surface area contributed by atoms with Gasteiger partial charge in [0.1, 0.15) is 16.7 Å². The van der Waals surface area contributed by atoms with Gasteiger partial charge in [0.05, 0.1) is 6.54 Å². The quantitative estimate of drug-likeness (QED) is 0.213. The number of ether oxygens (including phenoxy) is 1. The standard InChI is InChI=1S/C20H14ClF6N5O2/c21-15-9-16(29-13-3-1-2-12(8-13)17(33)19(22,23)24)31-18(30-15)32-28-10-11-4-6-14(7-5-11)34-20(25,26)27/h1-9,17,33H,10H2,(H,29,30,31). The Morgan fingerprint density at radius 2 is 1.71 bits per heavy atom. The van der Waals surface area contributed by atoms with E-state index in [-0.39, 0.29) is 40.5 Å². The summed E-state index contributed by atoms with van der Waals surface area (Å²) in [6.07, 6.45) is -12.3. The Balaban J connectivity index is 1.68. The van der Waals surface area contributed by atoms with Crippen LogP contribution >= 0.6 is 11.6 Å². The predicted octanol–water partition coefficient (Wildman–Crippen LogP) is 6.65. The maximum absolute atomic E-state index is 12.7. The average molecular weight is 506 g/mol. The van der Waals surface area contributed by atoms with Crippen LogP contribution in [0.25, 0.3) is 0 Å². The molecule has 0 amide bonds. The van der Waals surface area contributed by atoms with Crippen LogP contribution in [0.15, 0.2) is 64.8 Å². The molecule has 1 heterocycles. The number of aliphatic hydroxyl groups is 1. The van der Waals surface area contributed by atoms with Crippen LogP contribution in [0.2, 0.25) is 5.15 Å². The van der Waals surface area contributed by atoms with Gasteiger partial charge in [0.15, 0.2) is 6.10 Å². The number of nitrogens with zero attached hydrogens (tertiary/aromatic N) is 4. The van der Waals surface area contributed by atoms with Crippen LogP contribution in [-0.4, -0.2) is 27.6 Å².